The van der Waals surface area contributed by atoms with Gasteiger partial charge in [-0.25, -0.2) is 0 Å². The van der Waals surface area contributed by atoms with Gasteiger partial charge in [-0.05, 0) is 18.2 Å². The van der Waals surface area contributed by atoms with Gasteiger partial charge >= 0.3 is 0 Å². The number of benzene rings is 1. The molecule has 0 atom stereocenters. The van der Waals surface area contributed by atoms with Crippen LogP contribution in [-0.2, 0) is 4.79 Å². The number of nitrogens with one attached hydrogen (secondary N) is 1. The van der Waals surface area contributed by atoms with E-state index >= 15 is 0 Å². The van der Waals surface area contributed by atoms with Gasteiger partial charge < -0.3 is 5.32 Å². The number of hydrogen-bond acceptors (Lipinski definition) is 2. The third-order valence-electron chi connectivity index (χ3n) is 2.03. The van der Waals surface area contributed by atoms with Crippen LogP contribution in [-0.4, -0.2) is 5.91 Å². The summed E-state index contributed by atoms with van der Waals surface area (Å²) >= 11 is 5.76. The first kappa shape index (κ1) is 12.5. The number of carbonyl (C=O) groups is 1. The molecule has 0 saturated carbocycles. The zero-order valence-corrected chi connectivity index (χ0v) is 10.2. The summed E-state index contributed by atoms with van der Waals surface area (Å²) in [7, 11) is 0. The largest absolute Gasteiger partial charge is 0.324 e. The first-order valence-electron chi connectivity index (χ1n) is 4.85. The van der Waals surface area contributed by atoms with E-state index in [1.165, 1.54) is 6.07 Å². The molecule has 16 heavy (non-hydrogen) atoms. The molecule has 1 aromatic carbocycles. The number of halogens is 1. The number of amides is 1. The molecule has 0 aliphatic heterocycles. The van der Waals surface area contributed by atoms with Crippen molar-refractivity contribution in [3.63, 3.8) is 0 Å². The second-order valence-electron chi connectivity index (χ2n) is 4.51. The smallest absolute Gasteiger partial charge is 0.229 e. The van der Waals surface area contributed by atoms with Crippen molar-refractivity contribution < 1.29 is 4.79 Å². The minimum atomic E-state index is -0.494. The Bertz CT molecular complexity index is 455. The SMILES string of the molecule is CC(C)(C)C(=O)Nc1ccc(Cl)cc1C#N. The number of hydrogen-bond donors (Lipinski definition) is 1. The summed E-state index contributed by atoms with van der Waals surface area (Å²) in [5, 5.41) is 12.1. The number of carbonyl (C=O) groups excluding carboxylic acids is 1. The van der Waals surface area contributed by atoms with Gasteiger partial charge in [0.15, 0.2) is 0 Å². The highest BCUT2D eigenvalue weighted by molar-refractivity contribution is 6.30. The molecular formula is C12H13ClN2O. The third kappa shape index (κ3) is 2.98. The Morgan fingerprint density at radius 1 is 1.44 bits per heavy atom. The van der Waals surface area contributed by atoms with E-state index in [0.29, 0.717) is 16.3 Å². The van der Waals surface area contributed by atoms with Crippen LogP contribution in [0.5, 0.6) is 0 Å². The fourth-order valence-corrected chi connectivity index (χ4v) is 1.20. The lowest BCUT2D eigenvalue weighted by Crippen LogP contribution is -2.27. The van der Waals surface area contributed by atoms with Crippen molar-refractivity contribution in [1.82, 2.24) is 0 Å². The van der Waals surface area contributed by atoms with E-state index < -0.39 is 5.41 Å². The van der Waals surface area contributed by atoms with E-state index in [-0.39, 0.29) is 5.91 Å². The monoisotopic (exact) mass is 236 g/mol. The first-order chi connectivity index (χ1) is 7.34. The predicted molar refractivity (Wildman–Crippen MR) is 64.3 cm³/mol. The summed E-state index contributed by atoms with van der Waals surface area (Å²) < 4.78 is 0. The summed E-state index contributed by atoms with van der Waals surface area (Å²) in [6.45, 7) is 5.43. The first-order valence-corrected chi connectivity index (χ1v) is 5.23. The minimum absolute atomic E-state index is 0.133. The normalized spacial score (nSPS) is 10.7. The van der Waals surface area contributed by atoms with E-state index in [2.05, 4.69) is 5.32 Å². The van der Waals surface area contributed by atoms with Crippen LogP contribution >= 0.6 is 11.6 Å². The van der Waals surface area contributed by atoms with Crippen LogP contribution in [0.4, 0.5) is 5.69 Å². The summed E-state index contributed by atoms with van der Waals surface area (Å²) in [6.07, 6.45) is 0. The zero-order valence-electron chi connectivity index (χ0n) is 9.47. The Labute approximate surface area is 100 Å². The van der Waals surface area contributed by atoms with E-state index in [0.717, 1.165) is 0 Å². The van der Waals surface area contributed by atoms with E-state index in [9.17, 15) is 4.79 Å². The molecule has 1 amide bonds. The Morgan fingerprint density at radius 2 is 2.06 bits per heavy atom. The van der Waals surface area contributed by atoms with Crippen LogP contribution in [0.1, 0.15) is 26.3 Å². The summed E-state index contributed by atoms with van der Waals surface area (Å²) in [5.41, 5.74) is 0.365. The van der Waals surface area contributed by atoms with Gasteiger partial charge in [0.05, 0.1) is 11.3 Å². The van der Waals surface area contributed by atoms with Crippen LogP contribution < -0.4 is 5.32 Å². The molecule has 3 nitrogen and oxygen atoms in total. The third-order valence-corrected chi connectivity index (χ3v) is 2.27. The fraction of sp³-hybridized carbons (Fsp3) is 0.333. The van der Waals surface area contributed by atoms with E-state index in [1.54, 1.807) is 12.1 Å². The molecule has 0 aliphatic rings. The highest BCUT2D eigenvalue weighted by atomic mass is 35.5. The summed E-state index contributed by atoms with van der Waals surface area (Å²) in [6, 6.07) is 6.79. The molecule has 84 valence electrons. The van der Waals surface area contributed by atoms with Gasteiger partial charge in [0.2, 0.25) is 5.91 Å². The second-order valence-corrected chi connectivity index (χ2v) is 4.94. The molecule has 1 N–H and O–H groups in total. The zero-order chi connectivity index (χ0) is 12.3. The maximum atomic E-state index is 11.7. The van der Waals surface area contributed by atoms with Crippen molar-refractivity contribution >= 4 is 23.2 Å². The van der Waals surface area contributed by atoms with Gasteiger partial charge in [-0.3, -0.25) is 4.79 Å². The average Bonchev–Trinajstić information content (AvgIpc) is 2.19. The standard InChI is InChI=1S/C12H13ClN2O/c1-12(2,3)11(16)15-10-5-4-9(13)6-8(10)7-14/h4-6H,1-3H3,(H,15,16). The lowest BCUT2D eigenvalue weighted by atomic mass is 9.95. The van der Waals surface area contributed by atoms with E-state index in [1.807, 2.05) is 26.8 Å². The van der Waals surface area contributed by atoms with Gasteiger partial charge in [0, 0.05) is 10.4 Å². The topological polar surface area (TPSA) is 52.9 Å². The van der Waals surface area contributed by atoms with Gasteiger partial charge in [-0.15, -0.1) is 0 Å². The molecule has 0 unspecified atom stereocenters. The number of nitriles is 1. The molecule has 4 heteroatoms. The molecule has 0 aliphatic carbocycles. The number of nitrogens with zero attached hydrogens (tertiary/aromatic N) is 1. The fourth-order valence-electron chi connectivity index (χ4n) is 1.03. The summed E-state index contributed by atoms with van der Waals surface area (Å²) in [4.78, 5) is 11.7. The highest BCUT2D eigenvalue weighted by Gasteiger charge is 2.21. The van der Waals surface area contributed by atoms with Crippen molar-refractivity contribution in [3.8, 4) is 6.07 Å². The quantitative estimate of drug-likeness (QED) is 0.814. The summed E-state index contributed by atoms with van der Waals surface area (Å²) in [5.74, 6) is -0.133. The van der Waals surface area contributed by atoms with Gasteiger partial charge in [0.1, 0.15) is 6.07 Å². The molecular weight excluding hydrogens is 224 g/mol. The molecule has 0 spiro atoms. The van der Waals surface area contributed by atoms with Crippen molar-refractivity contribution in [2.45, 2.75) is 20.8 Å². The maximum absolute atomic E-state index is 11.7. The van der Waals surface area contributed by atoms with Crippen LogP contribution in [0.15, 0.2) is 18.2 Å². The average molecular weight is 237 g/mol. The second kappa shape index (κ2) is 4.54. The van der Waals surface area contributed by atoms with Crippen LogP contribution in [0.3, 0.4) is 0 Å². The highest BCUT2D eigenvalue weighted by Crippen LogP contribution is 2.22. The Kier molecular flexibility index (Phi) is 3.56. The Hall–Kier alpha value is -1.53. The van der Waals surface area contributed by atoms with Gasteiger partial charge in [-0.2, -0.15) is 5.26 Å². The maximum Gasteiger partial charge on any atom is 0.229 e. The van der Waals surface area contributed by atoms with Gasteiger partial charge in [0.25, 0.3) is 0 Å². The van der Waals surface area contributed by atoms with Crippen LogP contribution in [0, 0.1) is 16.7 Å². The molecule has 0 saturated heterocycles. The number of rotatable bonds is 1. The lowest BCUT2D eigenvalue weighted by molar-refractivity contribution is -0.123. The van der Waals surface area contributed by atoms with Crippen molar-refractivity contribution in [2.75, 3.05) is 5.32 Å². The molecule has 1 aromatic rings. The van der Waals surface area contributed by atoms with Crippen LogP contribution in [0.25, 0.3) is 0 Å². The lowest BCUT2D eigenvalue weighted by Gasteiger charge is -2.18. The Morgan fingerprint density at radius 3 is 2.56 bits per heavy atom. The molecule has 0 bridgehead atoms. The molecule has 0 fully saturated rings. The van der Waals surface area contributed by atoms with Crippen molar-refractivity contribution in [2.24, 2.45) is 5.41 Å². The van der Waals surface area contributed by atoms with Gasteiger partial charge in [-0.1, -0.05) is 32.4 Å². The molecule has 0 radical (unpaired) electrons. The molecule has 1 rings (SSSR count). The van der Waals surface area contributed by atoms with Crippen LogP contribution in [0.2, 0.25) is 5.02 Å². The predicted octanol–water partition coefficient (Wildman–Crippen LogP) is 3.20. The molecule has 0 aromatic heterocycles. The minimum Gasteiger partial charge on any atom is -0.324 e. The molecule has 0 heterocycles. The number of anilines is 1. The van der Waals surface area contributed by atoms with Crippen molar-refractivity contribution in [1.29, 1.82) is 5.26 Å². The van der Waals surface area contributed by atoms with Crippen molar-refractivity contribution in [3.05, 3.63) is 28.8 Å². The Balaban J connectivity index is 2.99. The van der Waals surface area contributed by atoms with E-state index in [4.69, 9.17) is 16.9 Å².